The first-order chi connectivity index (χ1) is 7.77. The quantitative estimate of drug-likeness (QED) is 0.872. The van der Waals surface area contributed by atoms with Gasteiger partial charge in [-0.3, -0.25) is 0 Å². The molecule has 0 bridgehead atoms. The Morgan fingerprint density at radius 3 is 2.56 bits per heavy atom. The summed E-state index contributed by atoms with van der Waals surface area (Å²) < 4.78 is 1.15. The van der Waals surface area contributed by atoms with Gasteiger partial charge in [-0.2, -0.15) is 0 Å². The molecule has 1 aliphatic carbocycles. The molecule has 1 atom stereocenters. The molecule has 0 aliphatic heterocycles. The van der Waals surface area contributed by atoms with Crippen LogP contribution in [0.4, 0.5) is 0 Å². The van der Waals surface area contributed by atoms with E-state index in [0.717, 1.165) is 16.8 Å². The molecule has 0 radical (unpaired) electrons. The first-order valence-corrected chi connectivity index (χ1v) is 7.06. The zero-order chi connectivity index (χ0) is 11.4. The Bertz CT molecular complexity index is 331. The fourth-order valence-electron chi connectivity index (χ4n) is 2.68. The van der Waals surface area contributed by atoms with Crippen LogP contribution >= 0.6 is 15.9 Å². The van der Waals surface area contributed by atoms with Gasteiger partial charge in [-0.05, 0) is 24.0 Å². The van der Waals surface area contributed by atoms with Gasteiger partial charge in [0, 0.05) is 10.5 Å². The van der Waals surface area contributed by atoms with Crippen molar-refractivity contribution >= 4 is 15.9 Å². The molecule has 1 saturated carbocycles. The van der Waals surface area contributed by atoms with Gasteiger partial charge in [0.1, 0.15) is 0 Å². The van der Waals surface area contributed by atoms with Crippen LogP contribution in [0.2, 0.25) is 0 Å². The minimum Gasteiger partial charge on any atom is -0.324 e. The number of halogens is 1. The molecule has 2 N–H and O–H groups in total. The van der Waals surface area contributed by atoms with Crippen molar-refractivity contribution in [1.82, 2.24) is 0 Å². The second-order valence-electron chi connectivity index (χ2n) is 4.87. The van der Waals surface area contributed by atoms with E-state index in [0.29, 0.717) is 0 Å². The van der Waals surface area contributed by atoms with E-state index < -0.39 is 0 Å². The summed E-state index contributed by atoms with van der Waals surface area (Å²) in [6.07, 6.45) is 8.10. The summed E-state index contributed by atoms with van der Waals surface area (Å²) in [5.74, 6) is 0.843. The average molecular weight is 282 g/mol. The van der Waals surface area contributed by atoms with Crippen molar-refractivity contribution in [3.05, 3.63) is 34.3 Å². The highest BCUT2D eigenvalue weighted by Crippen LogP contribution is 2.32. The maximum atomic E-state index is 6.30. The number of rotatable bonds is 3. The van der Waals surface area contributed by atoms with Gasteiger partial charge in [0.25, 0.3) is 0 Å². The molecule has 16 heavy (non-hydrogen) atoms. The van der Waals surface area contributed by atoms with Crippen LogP contribution in [-0.2, 0) is 0 Å². The van der Waals surface area contributed by atoms with Crippen molar-refractivity contribution < 1.29 is 0 Å². The molecule has 2 rings (SSSR count). The highest BCUT2D eigenvalue weighted by molar-refractivity contribution is 9.10. The third-order valence-corrected chi connectivity index (χ3v) is 4.34. The molecule has 1 unspecified atom stereocenters. The smallest absolute Gasteiger partial charge is 0.0308 e. The summed E-state index contributed by atoms with van der Waals surface area (Å²) in [5, 5.41) is 0. The van der Waals surface area contributed by atoms with Gasteiger partial charge >= 0.3 is 0 Å². The van der Waals surface area contributed by atoms with Gasteiger partial charge in [0.2, 0.25) is 0 Å². The summed E-state index contributed by atoms with van der Waals surface area (Å²) in [5.41, 5.74) is 7.55. The SMILES string of the molecule is NC(CC1CCCCC1)c1ccccc1Br. The van der Waals surface area contributed by atoms with Crippen molar-refractivity contribution in [2.75, 3.05) is 0 Å². The Kier molecular flexibility index (Phi) is 4.42. The molecule has 2 heteroatoms. The number of benzene rings is 1. The second kappa shape index (κ2) is 5.83. The summed E-state index contributed by atoms with van der Waals surface area (Å²) >= 11 is 3.58. The normalized spacial score (nSPS) is 19.6. The van der Waals surface area contributed by atoms with E-state index in [-0.39, 0.29) is 6.04 Å². The lowest BCUT2D eigenvalue weighted by Crippen LogP contribution is -2.17. The maximum absolute atomic E-state index is 6.30. The topological polar surface area (TPSA) is 26.0 Å². The molecule has 1 nitrogen and oxygen atoms in total. The third kappa shape index (κ3) is 3.08. The largest absolute Gasteiger partial charge is 0.324 e. The van der Waals surface area contributed by atoms with Gasteiger partial charge in [0.05, 0.1) is 0 Å². The number of nitrogens with two attached hydrogens (primary N) is 1. The standard InChI is InChI=1S/C14H20BrN/c15-13-9-5-4-8-12(13)14(16)10-11-6-2-1-3-7-11/h4-5,8-9,11,14H,1-3,6-7,10,16H2. The molecular weight excluding hydrogens is 262 g/mol. The Morgan fingerprint density at radius 2 is 1.88 bits per heavy atom. The minimum atomic E-state index is 0.193. The Hall–Kier alpha value is -0.340. The van der Waals surface area contributed by atoms with E-state index in [2.05, 4.69) is 34.1 Å². The fourth-order valence-corrected chi connectivity index (χ4v) is 3.26. The second-order valence-corrected chi connectivity index (χ2v) is 5.72. The molecule has 1 fully saturated rings. The van der Waals surface area contributed by atoms with Gasteiger partial charge < -0.3 is 5.73 Å². The van der Waals surface area contributed by atoms with E-state index in [9.17, 15) is 0 Å². The molecule has 88 valence electrons. The average Bonchev–Trinajstić information content (AvgIpc) is 2.31. The maximum Gasteiger partial charge on any atom is 0.0308 e. The van der Waals surface area contributed by atoms with Gasteiger partial charge in [-0.1, -0.05) is 66.2 Å². The first-order valence-electron chi connectivity index (χ1n) is 6.27. The van der Waals surface area contributed by atoms with Crippen molar-refractivity contribution in [1.29, 1.82) is 0 Å². The van der Waals surface area contributed by atoms with E-state index in [1.165, 1.54) is 37.7 Å². The zero-order valence-electron chi connectivity index (χ0n) is 9.66. The van der Waals surface area contributed by atoms with E-state index >= 15 is 0 Å². The number of hydrogen-bond acceptors (Lipinski definition) is 1. The molecule has 0 spiro atoms. The van der Waals surface area contributed by atoms with Crippen LogP contribution in [0.25, 0.3) is 0 Å². The van der Waals surface area contributed by atoms with E-state index in [1.807, 2.05) is 6.07 Å². The summed E-state index contributed by atoms with van der Waals surface area (Å²) in [6.45, 7) is 0. The number of hydrogen-bond donors (Lipinski definition) is 1. The summed E-state index contributed by atoms with van der Waals surface area (Å²) in [7, 11) is 0. The molecule has 1 aromatic carbocycles. The summed E-state index contributed by atoms with van der Waals surface area (Å²) in [6, 6.07) is 8.52. The lowest BCUT2D eigenvalue weighted by molar-refractivity contribution is 0.319. The monoisotopic (exact) mass is 281 g/mol. The van der Waals surface area contributed by atoms with Crippen LogP contribution in [0.1, 0.15) is 50.1 Å². The molecule has 0 amide bonds. The van der Waals surface area contributed by atoms with Crippen LogP contribution in [0, 0.1) is 5.92 Å². The van der Waals surface area contributed by atoms with Crippen LogP contribution < -0.4 is 5.73 Å². The van der Waals surface area contributed by atoms with Crippen LogP contribution in [0.3, 0.4) is 0 Å². The van der Waals surface area contributed by atoms with Crippen molar-refractivity contribution in [2.24, 2.45) is 11.7 Å². The van der Waals surface area contributed by atoms with Gasteiger partial charge in [0.15, 0.2) is 0 Å². The van der Waals surface area contributed by atoms with Crippen molar-refractivity contribution in [3.63, 3.8) is 0 Å². The molecule has 1 aliphatic rings. The lowest BCUT2D eigenvalue weighted by Gasteiger charge is -2.25. The van der Waals surface area contributed by atoms with Crippen molar-refractivity contribution in [2.45, 2.75) is 44.6 Å². The van der Waals surface area contributed by atoms with Crippen LogP contribution in [-0.4, -0.2) is 0 Å². The molecule has 0 aromatic heterocycles. The lowest BCUT2D eigenvalue weighted by atomic mass is 9.83. The zero-order valence-corrected chi connectivity index (χ0v) is 11.2. The van der Waals surface area contributed by atoms with Crippen molar-refractivity contribution in [3.8, 4) is 0 Å². The van der Waals surface area contributed by atoms with E-state index in [4.69, 9.17) is 5.73 Å². The molecule has 0 heterocycles. The summed E-state index contributed by atoms with van der Waals surface area (Å²) in [4.78, 5) is 0. The van der Waals surface area contributed by atoms with Crippen LogP contribution in [0.15, 0.2) is 28.7 Å². The van der Waals surface area contributed by atoms with E-state index in [1.54, 1.807) is 0 Å². The minimum absolute atomic E-state index is 0.193. The van der Waals surface area contributed by atoms with Crippen LogP contribution in [0.5, 0.6) is 0 Å². The van der Waals surface area contributed by atoms with Gasteiger partial charge in [-0.15, -0.1) is 0 Å². The highest BCUT2D eigenvalue weighted by Gasteiger charge is 2.18. The predicted molar refractivity (Wildman–Crippen MR) is 72.3 cm³/mol. The molecule has 1 aromatic rings. The Labute approximate surface area is 107 Å². The fraction of sp³-hybridized carbons (Fsp3) is 0.571. The first kappa shape index (κ1) is 12.1. The molecular formula is C14H20BrN. The highest BCUT2D eigenvalue weighted by atomic mass is 79.9. The predicted octanol–water partition coefficient (Wildman–Crippen LogP) is 4.42. The Balaban J connectivity index is 1.96. The Morgan fingerprint density at radius 1 is 1.19 bits per heavy atom. The molecule has 0 saturated heterocycles. The van der Waals surface area contributed by atoms with Gasteiger partial charge in [-0.25, -0.2) is 0 Å². The third-order valence-electron chi connectivity index (χ3n) is 3.62.